The molecule has 0 fully saturated rings. The summed E-state index contributed by atoms with van der Waals surface area (Å²) in [4.78, 5) is 15.8. The molecule has 29 heavy (non-hydrogen) atoms. The van der Waals surface area contributed by atoms with Crippen LogP contribution in [0.2, 0.25) is 0 Å². The van der Waals surface area contributed by atoms with Crippen molar-refractivity contribution in [3.05, 3.63) is 48.3 Å². The second-order valence-electron chi connectivity index (χ2n) is 7.26. The summed E-state index contributed by atoms with van der Waals surface area (Å²) in [5.41, 5.74) is 1.59. The Bertz CT molecular complexity index is 771. The molecule has 1 aromatic carbocycles. The summed E-state index contributed by atoms with van der Waals surface area (Å²) >= 11 is 0. The Morgan fingerprint density at radius 3 is 2.48 bits per heavy atom. The van der Waals surface area contributed by atoms with Crippen LogP contribution in [0.25, 0.3) is 5.69 Å². The Morgan fingerprint density at radius 2 is 1.83 bits per heavy atom. The third-order valence-electron chi connectivity index (χ3n) is 3.65. The number of para-hydroxylation sites is 1. The van der Waals surface area contributed by atoms with E-state index in [0.717, 1.165) is 17.7 Å². The summed E-state index contributed by atoms with van der Waals surface area (Å²) in [6, 6.07) is 9.97. The Morgan fingerprint density at radius 1 is 1.14 bits per heavy atom. The predicted molar refractivity (Wildman–Crippen MR) is 126 cm³/mol. The van der Waals surface area contributed by atoms with Crippen LogP contribution in [0.15, 0.2) is 47.7 Å². The fourth-order valence-corrected chi connectivity index (χ4v) is 2.38. The van der Waals surface area contributed by atoms with Crippen molar-refractivity contribution >= 4 is 36.0 Å². The molecule has 2 aromatic rings. The van der Waals surface area contributed by atoms with Gasteiger partial charge in [0, 0.05) is 38.4 Å². The van der Waals surface area contributed by atoms with Crippen LogP contribution in [0.5, 0.6) is 0 Å². The summed E-state index contributed by atoms with van der Waals surface area (Å²) < 4.78 is 7.04. The van der Waals surface area contributed by atoms with Gasteiger partial charge in [0.05, 0.1) is 11.9 Å². The van der Waals surface area contributed by atoms with Crippen molar-refractivity contribution in [3.63, 3.8) is 0 Å². The zero-order valence-electron chi connectivity index (χ0n) is 17.4. The number of aromatic nitrogens is 2. The summed E-state index contributed by atoms with van der Waals surface area (Å²) in [5.74, 6) is 0.699. The molecule has 0 unspecified atom stereocenters. The van der Waals surface area contributed by atoms with E-state index >= 15 is 0 Å². The maximum Gasteiger partial charge on any atom is 0.407 e. The van der Waals surface area contributed by atoms with Crippen LogP contribution in [0.4, 0.5) is 4.79 Å². The number of benzene rings is 1. The van der Waals surface area contributed by atoms with Crippen molar-refractivity contribution in [2.45, 2.75) is 39.3 Å². The number of alkyl carbamates (subject to hydrolysis) is 1. The van der Waals surface area contributed by atoms with E-state index in [1.54, 1.807) is 7.05 Å². The molecular weight excluding hydrogens is 483 g/mol. The molecule has 2 rings (SSSR count). The van der Waals surface area contributed by atoms with E-state index < -0.39 is 11.7 Å². The van der Waals surface area contributed by atoms with Gasteiger partial charge in [-0.3, -0.25) is 4.99 Å². The van der Waals surface area contributed by atoms with Gasteiger partial charge in [-0.15, -0.1) is 24.0 Å². The number of aliphatic imine (C=N–C) groups is 1. The summed E-state index contributed by atoms with van der Waals surface area (Å²) in [6.07, 6.45) is 4.18. The molecule has 0 radical (unpaired) electrons. The topological polar surface area (TPSA) is 92.6 Å². The third kappa shape index (κ3) is 9.64. The third-order valence-corrected chi connectivity index (χ3v) is 3.65. The molecule has 0 bridgehead atoms. The number of ether oxygens (including phenoxy) is 1. The van der Waals surface area contributed by atoms with Gasteiger partial charge in [0.25, 0.3) is 0 Å². The first-order valence-corrected chi connectivity index (χ1v) is 9.38. The largest absolute Gasteiger partial charge is 0.444 e. The van der Waals surface area contributed by atoms with Crippen molar-refractivity contribution in [1.29, 1.82) is 0 Å². The molecule has 0 aliphatic carbocycles. The maximum atomic E-state index is 11.6. The number of halogens is 1. The highest BCUT2D eigenvalue weighted by molar-refractivity contribution is 14.0. The molecular formula is C20H31IN6O2. The molecule has 1 aromatic heterocycles. The van der Waals surface area contributed by atoms with E-state index in [-0.39, 0.29) is 24.0 Å². The van der Waals surface area contributed by atoms with E-state index in [4.69, 9.17) is 4.74 Å². The Kier molecular flexibility index (Phi) is 10.5. The second-order valence-corrected chi connectivity index (χ2v) is 7.26. The molecule has 0 spiro atoms. The first-order valence-electron chi connectivity index (χ1n) is 9.38. The number of hydrogen-bond donors (Lipinski definition) is 3. The van der Waals surface area contributed by atoms with E-state index in [9.17, 15) is 4.79 Å². The molecule has 0 atom stereocenters. The Balaban J connectivity index is 0.00000420. The lowest BCUT2D eigenvalue weighted by molar-refractivity contribution is 0.0527. The number of hydrogen-bond acceptors (Lipinski definition) is 4. The molecule has 1 heterocycles. The normalized spacial score (nSPS) is 11.4. The van der Waals surface area contributed by atoms with Crippen LogP contribution >= 0.6 is 24.0 Å². The standard InChI is InChI=1S/C20H30N6O2.HI/c1-20(2,3)28-19(27)23-12-8-11-22-18(21-4)24-13-16-14-25-26(15-16)17-9-6-5-7-10-17;/h5-7,9-10,14-15H,8,11-13H2,1-4H3,(H,23,27)(H2,21,22,24);1H. The molecule has 0 saturated carbocycles. The zero-order chi connectivity index (χ0) is 20.4. The molecule has 8 nitrogen and oxygen atoms in total. The first-order chi connectivity index (χ1) is 13.4. The Labute approximate surface area is 189 Å². The average molecular weight is 514 g/mol. The number of carbonyl (C=O) groups is 1. The van der Waals surface area contributed by atoms with Gasteiger partial charge in [0.1, 0.15) is 5.60 Å². The first kappa shape index (κ1) is 24.7. The summed E-state index contributed by atoms with van der Waals surface area (Å²) in [7, 11) is 1.72. The van der Waals surface area contributed by atoms with E-state index in [1.165, 1.54) is 0 Å². The van der Waals surface area contributed by atoms with Gasteiger partial charge in [-0.1, -0.05) is 18.2 Å². The molecule has 0 aliphatic heterocycles. The van der Waals surface area contributed by atoms with Gasteiger partial charge >= 0.3 is 6.09 Å². The number of nitrogens with one attached hydrogen (secondary N) is 3. The summed E-state index contributed by atoms with van der Waals surface area (Å²) in [5, 5.41) is 13.6. The zero-order valence-corrected chi connectivity index (χ0v) is 19.8. The number of carbonyl (C=O) groups excluding carboxylic acids is 1. The molecule has 9 heteroatoms. The van der Waals surface area contributed by atoms with Gasteiger partial charge in [-0.2, -0.15) is 5.10 Å². The van der Waals surface area contributed by atoms with Crippen LogP contribution in [-0.4, -0.2) is 47.6 Å². The number of nitrogens with zero attached hydrogens (tertiary/aromatic N) is 3. The summed E-state index contributed by atoms with van der Waals surface area (Å²) in [6.45, 7) is 7.35. The second kappa shape index (κ2) is 12.3. The predicted octanol–water partition coefficient (Wildman–Crippen LogP) is 3.07. The lowest BCUT2D eigenvalue weighted by Crippen LogP contribution is -2.39. The minimum absolute atomic E-state index is 0. The lowest BCUT2D eigenvalue weighted by atomic mass is 10.2. The fourth-order valence-electron chi connectivity index (χ4n) is 2.38. The van der Waals surface area contributed by atoms with Crippen molar-refractivity contribution in [2.75, 3.05) is 20.1 Å². The Hall–Kier alpha value is -2.30. The van der Waals surface area contributed by atoms with Crippen LogP contribution in [0.3, 0.4) is 0 Å². The average Bonchev–Trinajstić information content (AvgIpc) is 3.12. The SMILES string of the molecule is CN=C(NCCCNC(=O)OC(C)(C)C)NCc1cnn(-c2ccccc2)c1.I. The van der Waals surface area contributed by atoms with Crippen molar-refractivity contribution in [1.82, 2.24) is 25.7 Å². The van der Waals surface area contributed by atoms with Crippen LogP contribution < -0.4 is 16.0 Å². The molecule has 1 amide bonds. The fraction of sp³-hybridized carbons (Fsp3) is 0.450. The van der Waals surface area contributed by atoms with E-state index in [1.807, 2.05) is 68.2 Å². The van der Waals surface area contributed by atoms with Gasteiger partial charge in [0.2, 0.25) is 0 Å². The quantitative estimate of drug-likeness (QED) is 0.229. The van der Waals surface area contributed by atoms with Crippen molar-refractivity contribution < 1.29 is 9.53 Å². The van der Waals surface area contributed by atoms with Gasteiger partial charge < -0.3 is 20.7 Å². The maximum absolute atomic E-state index is 11.6. The number of rotatable bonds is 7. The van der Waals surface area contributed by atoms with Crippen LogP contribution in [-0.2, 0) is 11.3 Å². The lowest BCUT2D eigenvalue weighted by Gasteiger charge is -2.19. The van der Waals surface area contributed by atoms with Crippen LogP contribution in [0, 0.1) is 0 Å². The van der Waals surface area contributed by atoms with Gasteiger partial charge in [-0.05, 0) is 39.3 Å². The highest BCUT2D eigenvalue weighted by atomic mass is 127. The van der Waals surface area contributed by atoms with E-state index in [0.29, 0.717) is 25.6 Å². The molecule has 160 valence electrons. The van der Waals surface area contributed by atoms with Gasteiger partial charge in [0.15, 0.2) is 5.96 Å². The number of guanidine groups is 1. The van der Waals surface area contributed by atoms with Crippen molar-refractivity contribution in [2.24, 2.45) is 4.99 Å². The molecule has 3 N–H and O–H groups in total. The van der Waals surface area contributed by atoms with Crippen LogP contribution in [0.1, 0.15) is 32.8 Å². The smallest absolute Gasteiger partial charge is 0.407 e. The van der Waals surface area contributed by atoms with Gasteiger partial charge in [-0.25, -0.2) is 9.48 Å². The minimum Gasteiger partial charge on any atom is -0.444 e. The van der Waals surface area contributed by atoms with E-state index in [2.05, 4.69) is 26.0 Å². The molecule has 0 aliphatic rings. The highest BCUT2D eigenvalue weighted by Gasteiger charge is 2.15. The van der Waals surface area contributed by atoms with Crippen molar-refractivity contribution in [3.8, 4) is 5.69 Å². The monoisotopic (exact) mass is 514 g/mol. The minimum atomic E-state index is -0.484. The highest BCUT2D eigenvalue weighted by Crippen LogP contribution is 2.07. The number of amides is 1. The molecule has 0 saturated heterocycles.